The number of benzene rings is 1. The number of hydrogen-bond acceptors (Lipinski definition) is 4. The summed E-state index contributed by atoms with van der Waals surface area (Å²) in [5, 5.41) is 21.2. The smallest absolute Gasteiger partial charge is 0.258 e. The molecule has 2 heterocycles. The average molecular weight is 366 g/mol. The van der Waals surface area contributed by atoms with Crippen LogP contribution in [0, 0.1) is 13.8 Å². The molecule has 0 amide bonds. The Hall–Kier alpha value is -3.28. The van der Waals surface area contributed by atoms with Gasteiger partial charge in [0.05, 0.1) is 17.0 Å². The van der Waals surface area contributed by atoms with Gasteiger partial charge in [0.25, 0.3) is 11.1 Å². The summed E-state index contributed by atoms with van der Waals surface area (Å²) in [6.07, 6.45) is 0. The first-order chi connectivity index (χ1) is 12.7. The fourth-order valence-corrected chi connectivity index (χ4v) is 3.31. The van der Waals surface area contributed by atoms with Gasteiger partial charge in [-0.05, 0) is 31.5 Å². The second-order valence-electron chi connectivity index (χ2n) is 6.74. The molecule has 0 unspecified atom stereocenters. The van der Waals surface area contributed by atoms with E-state index in [0.29, 0.717) is 17.0 Å². The van der Waals surface area contributed by atoms with Crippen LogP contribution in [0.1, 0.15) is 34.0 Å². The maximum atomic E-state index is 13.0. The van der Waals surface area contributed by atoms with Gasteiger partial charge in [0.2, 0.25) is 0 Å². The van der Waals surface area contributed by atoms with Crippen molar-refractivity contribution < 1.29 is 10.2 Å². The van der Waals surface area contributed by atoms with Gasteiger partial charge in [0.1, 0.15) is 11.5 Å². The standard InChI is InChI=1S/C21H22N2O4/c1-12-10-15(24)18(20(26)22(12)3)17(14-8-6-5-7-9-14)19-16(25)11-13(2)23(4)21(19)27/h5-11,17,24-25H,1-4H3. The highest BCUT2D eigenvalue weighted by atomic mass is 16.3. The van der Waals surface area contributed by atoms with Crippen LogP contribution in [0.4, 0.5) is 0 Å². The second-order valence-corrected chi connectivity index (χ2v) is 6.74. The van der Waals surface area contributed by atoms with Gasteiger partial charge >= 0.3 is 0 Å². The van der Waals surface area contributed by atoms with Crippen LogP contribution in [0.2, 0.25) is 0 Å². The van der Waals surface area contributed by atoms with Crippen molar-refractivity contribution in [2.45, 2.75) is 19.8 Å². The average Bonchev–Trinajstić information content (AvgIpc) is 2.64. The van der Waals surface area contributed by atoms with Gasteiger partial charge in [0.15, 0.2) is 0 Å². The molecule has 0 aliphatic heterocycles. The molecule has 2 N–H and O–H groups in total. The van der Waals surface area contributed by atoms with E-state index < -0.39 is 17.0 Å². The molecular weight excluding hydrogens is 344 g/mol. The molecule has 3 aromatic rings. The molecule has 6 heteroatoms. The van der Waals surface area contributed by atoms with Crippen molar-refractivity contribution in [3.63, 3.8) is 0 Å². The number of rotatable bonds is 3. The van der Waals surface area contributed by atoms with E-state index in [0.717, 1.165) is 0 Å². The fraction of sp³-hybridized carbons (Fsp3) is 0.238. The van der Waals surface area contributed by atoms with Crippen LogP contribution in [0.3, 0.4) is 0 Å². The Morgan fingerprint density at radius 2 is 1.19 bits per heavy atom. The predicted octanol–water partition coefficient (Wildman–Crippen LogP) is 2.29. The van der Waals surface area contributed by atoms with E-state index in [2.05, 4.69) is 0 Å². The van der Waals surface area contributed by atoms with Crippen molar-refractivity contribution in [2.75, 3.05) is 0 Å². The molecule has 0 spiro atoms. The van der Waals surface area contributed by atoms with Crippen molar-refractivity contribution in [3.8, 4) is 11.5 Å². The lowest BCUT2D eigenvalue weighted by atomic mass is 9.85. The number of hydrogen-bond donors (Lipinski definition) is 2. The third-order valence-electron chi connectivity index (χ3n) is 5.08. The lowest BCUT2D eigenvalue weighted by molar-refractivity contribution is 0.451. The highest BCUT2D eigenvalue weighted by Crippen LogP contribution is 2.37. The molecular formula is C21H22N2O4. The van der Waals surface area contributed by atoms with E-state index in [1.165, 1.54) is 21.3 Å². The Balaban J connectivity index is 2.46. The third-order valence-corrected chi connectivity index (χ3v) is 5.08. The van der Waals surface area contributed by atoms with E-state index in [1.54, 1.807) is 52.2 Å². The number of nitrogens with zero attached hydrogens (tertiary/aromatic N) is 2. The van der Waals surface area contributed by atoms with Gasteiger partial charge in [-0.15, -0.1) is 0 Å². The molecule has 3 rings (SSSR count). The van der Waals surface area contributed by atoms with Crippen LogP contribution in [0.15, 0.2) is 52.1 Å². The quantitative estimate of drug-likeness (QED) is 0.745. The van der Waals surface area contributed by atoms with Crippen molar-refractivity contribution in [3.05, 3.63) is 91.3 Å². The Morgan fingerprint density at radius 3 is 1.59 bits per heavy atom. The first-order valence-corrected chi connectivity index (χ1v) is 8.58. The molecule has 0 saturated carbocycles. The molecule has 0 saturated heterocycles. The van der Waals surface area contributed by atoms with Crippen LogP contribution >= 0.6 is 0 Å². The molecule has 1 aromatic carbocycles. The summed E-state index contributed by atoms with van der Waals surface area (Å²) >= 11 is 0. The van der Waals surface area contributed by atoms with Crippen molar-refractivity contribution in [1.29, 1.82) is 0 Å². The second kappa shape index (κ2) is 6.79. The van der Waals surface area contributed by atoms with E-state index in [9.17, 15) is 19.8 Å². The minimum atomic E-state index is -0.898. The largest absolute Gasteiger partial charge is 0.507 e. The Bertz CT molecular complexity index is 1060. The zero-order chi connectivity index (χ0) is 19.9. The molecule has 0 atom stereocenters. The summed E-state index contributed by atoms with van der Waals surface area (Å²) < 4.78 is 2.83. The van der Waals surface area contributed by atoms with Crippen molar-refractivity contribution >= 4 is 0 Å². The normalized spacial score (nSPS) is 11.1. The van der Waals surface area contributed by atoms with E-state index >= 15 is 0 Å². The molecule has 27 heavy (non-hydrogen) atoms. The van der Waals surface area contributed by atoms with Gasteiger partial charge in [-0.3, -0.25) is 9.59 Å². The maximum absolute atomic E-state index is 13.0. The van der Waals surface area contributed by atoms with Crippen LogP contribution < -0.4 is 11.1 Å². The molecule has 0 bridgehead atoms. The molecule has 2 aromatic heterocycles. The summed E-state index contributed by atoms with van der Waals surface area (Å²) in [6.45, 7) is 3.43. The molecule has 0 fully saturated rings. The maximum Gasteiger partial charge on any atom is 0.258 e. The minimum Gasteiger partial charge on any atom is -0.507 e. The number of pyridine rings is 2. The molecule has 6 nitrogen and oxygen atoms in total. The zero-order valence-corrected chi connectivity index (χ0v) is 15.7. The third kappa shape index (κ3) is 3.03. The van der Waals surface area contributed by atoms with Crippen molar-refractivity contribution in [2.24, 2.45) is 14.1 Å². The Kier molecular flexibility index (Phi) is 4.66. The highest BCUT2D eigenvalue weighted by Gasteiger charge is 2.30. The minimum absolute atomic E-state index is 0.0607. The van der Waals surface area contributed by atoms with Gasteiger partial charge in [-0.1, -0.05) is 30.3 Å². The Labute approximate surface area is 156 Å². The van der Waals surface area contributed by atoms with E-state index in [1.807, 2.05) is 6.07 Å². The topological polar surface area (TPSA) is 84.5 Å². The Morgan fingerprint density at radius 1 is 0.778 bits per heavy atom. The van der Waals surface area contributed by atoms with Gasteiger partial charge < -0.3 is 19.3 Å². The van der Waals surface area contributed by atoms with Crippen molar-refractivity contribution in [1.82, 2.24) is 9.13 Å². The lowest BCUT2D eigenvalue weighted by Gasteiger charge is -2.22. The summed E-state index contributed by atoms with van der Waals surface area (Å²) in [4.78, 5) is 26.0. The first-order valence-electron chi connectivity index (χ1n) is 8.58. The summed E-state index contributed by atoms with van der Waals surface area (Å²) in [5.41, 5.74) is 1.11. The van der Waals surface area contributed by atoms with Crippen LogP contribution in [0.25, 0.3) is 0 Å². The molecule has 0 radical (unpaired) electrons. The number of aromatic hydroxyl groups is 2. The number of aromatic nitrogens is 2. The summed E-state index contributed by atoms with van der Waals surface area (Å²) in [7, 11) is 3.21. The first kappa shape index (κ1) is 18.5. The predicted molar refractivity (Wildman–Crippen MR) is 104 cm³/mol. The van der Waals surface area contributed by atoms with E-state index in [4.69, 9.17) is 0 Å². The SMILES string of the molecule is Cc1cc(O)c(C(c2ccccc2)c2c(O)cc(C)n(C)c2=O)c(=O)n1C. The van der Waals surface area contributed by atoms with Gasteiger partial charge in [0, 0.05) is 25.5 Å². The van der Waals surface area contributed by atoms with Crippen LogP contribution in [-0.2, 0) is 14.1 Å². The van der Waals surface area contributed by atoms with Gasteiger partial charge in [-0.25, -0.2) is 0 Å². The molecule has 140 valence electrons. The van der Waals surface area contributed by atoms with Gasteiger partial charge in [-0.2, -0.15) is 0 Å². The molecule has 0 aliphatic carbocycles. The summed E-state index contributed by atoms with van der Waals surface area (Å²) in [6, 6.07) is 11.9. The highest BCUT2D eigenvalue weighted by molar-refractivity contribution is 5.52. The van der Waals surface area contributed by atoms with Crippen LogP contribution in [-0.4, -0.2) is 19.3 Å². The fourth-order valence-electron chi connectivity index (χ4n) is 3.31. The zero-order valence-electron chi connectivity index (χ0n) is 15.7. The van der Waals surface area contributed by atoms with E-state index in [-0.39, 0.29) is 22.6 Å². The monoisotopic (exact) mass is 366 g/mol. The van der Waals surface area contributed by atoms with Crippen LogP contribution in [0.5, 0.6) is 11.5 Å². The summed E-state index contributed by atoms with van der Waals surface area (Å²) in [5.74, 6) is -1.30. The molecule has 0 aliphatic rings. The lowest BCUT2D eigenvalue weighted by Crippen LogP contribution is -2.30. The number of aryl methyl sites for hydroxylation is 2.